The van der Waals surface area contributed by atoms with Crippen LogP contribution in [0.15, 0.2) is 10.9 Å². The van der Waals surface area contributed by atoms with Crippen molar-refractivity contribution >= 4 is 5.97 Å². The molecule has 2 aromatic heterocycles. The van der Waals surface area contributed by atoms with Crippen molar-refractivity contribution in [3.8, 4) is 11.6 Å². The number of rotatable bonds is 6. The number of carbonyl (C=O) groups is 1. The highest BCUT2D eigenvalue weighted by Gasteiger charge is 2.25. The van der Waals surface area contributed by atoms with E-state index in [2.05, 4.69) is 20.1 Å². The minimum Gasteiger partial charge on any atom is -0.476 e. The summed E-state index contributed by atoms with van der Waals surface area (Å²) in [6.07, 6.45) is 0.971. The Hall–Kier alpha value is -2.22. The van der Waals surface area contributed by atoms with Crippen molar-refractivity contribution in [2.75, 3.05) is 6.61 Å². The molecule has 0 saturated heterocycles. The number of aromatic carboxylic acids is 1. The SMILES string of the molecule is CCOC(c1noc(-c2[nH]cnc2C(=O)O)n1)C(C)C. The predicted molar refractivity (Wildman–Crippen MR) is 68.0 cm³/mol. The van der Waals surface area contributed by atoms with Crippen LogP contribution in [0.5, 0.6) is 0 Å². The van der Waals surface area contributed by atoms with Crippen LogP contribution in [0.25, 0.3) is 11.6 Å². The summed E-state index contributed by atoms with van der Waals surface area (Å²) in [5.41, 5.74) is 0.0351. The van der Waals surface area contributed by atoms with Gasteiger partial charge in [-0.15, -0.1) is 0 Å². The lowest BCUT2D eigenvalue weighted by Crippen LogP contribution is -2.12. The van der Waals surface area contributed by atoms with Crippen molar-refractivity contribution in [3.05, 3.63) is 17.8 Å². The third-order valence-electron chi connectivity index (χ3n) is 2.70. The Kier molecular flexibility index (Phi) is 4.14. The van der Waals surface area contributed by atoms with Crippen molar-refractivity contribution in [2.24, 2.45) is 5.92 Å². The summed E-state index contributed by atoms with van der Waals surface area (Å²) in [4.78, 5) is 21.6. The van der Waals surface area contributed by atoms with Gasteiger partial charge in [-0.25, -0.2) is 9.78 Å². The van der Waals surface area contributed by atoms with Crippen LogP contribution in [0.4, 0.5) is 0 Å². The fraction of sp³-hybridized carbons (Fsp3) is 0.500. The van der Waals surface area contributed by atoms with E-state index in [-0.39, 0.29) is 29.3 Å². The van der Waals surface area contributed by atoms with E-state index in [9.17, 15) is 4.79 Å². The van der Waals surface area contributed by atoms with Crippen LogP contribution in [0.2, 0.25) is 0 Å². The molecule has 0 bridgehead atoms. The second-order valence-corrected chi connectivity index (χ2v) is 4.51. The van der Waals surface area contributed by atoms with Gasteiger partial charge in [0.1, 0.15) is 11.8 Å². The first kappa shape index (κ1) is 14.2. The highest BCUT2D eigenvalue weighted by molar-refractivity contribution is 5.91. The summed E-state index contributed by atoms with van der Waals surface area (Å²) in [6, 6.07) is 0. The standard InChI is InChI=1S/C12H16N4O4/c1-4-19-9(6(2)3)10-15-11(20-16-10)7-8(12(17)18)14-5-13-7/h5-6,9H,4H2,1-3H3,(H,13,14)(H,17,18). The molecule has 2 N–H and O–H groups in total. The molecule has 2 aromatic rings. The largest absolute Gasteiger partial charge is 0.476 e. The Morgan fingerprint density at radius 2 is 2.30 bits per heavy atom. The molecule has 0 fully saturated rings. The average Bonchev–Trinajstić information content (AvgIpc) is 3.03. The zero-order valence-corrected chi connectivity index (χ0v) is 11.5. The van der Waals surface area contributed by atoms with Gasteiger partial charge in [0.2, 0.25) is 5.82 Å². The molecule has 0 aromatic carbocycles. The van der Waals surface area contributed by atoms with E-state index in [0.29, 0.717) is 12.4 Å². The molecule has 20 heavy (non-hydrogen) atoms. The van der Waals surface area contributed by atoms with Gasteiger partial charge in [-0.2, -0.15) is 4.98 Å². The third kappa shape index (κ3) is 2.69. The molecule has 0 saturated carbocycles. The molecule has 0 radical (unpaired) electrons. The number of hydrogen-bond donors (Lipinski definition) is 2. The van der Waals surface area contributed by atoms with Crippen LogP contribution in [-0.4, -0.2) is 37.8 Å². The van der Waals surface area contributed by atoms with Crippen molar-refractivity contribution in [3.63, 3.8) is 0 Å². The number of aromatic nitrogens is 4. The van der Waals surface area contributed by atoms with Crippen molar-refractivity contribution < 1.29 is 19.2 Å². The van der Waals surface area contributed by atoms with Crippen molar-refractivity contribution in [1.82, 2.24) is 20.1 Å². The van der Waals surface area contributed by atoms with Gasteiger partial charge in [-0.1, -0.05) is 19.0 Å². The van der Waals surface area contributed by atoms with Gasteiger partial charge < -0.3 is 19.4 Å². The number of hydrogen-bond acceptors (Lipinski definition) is 6. The van der Waals surface area contributed by atoms with Crippen molar-refractivity contribution in [2.45, 2.75) is 26.9 Å². The summed E-state index contributed by atoms with van der Waals surface area (Å²) >= 11 is 0. The molecule has 0 aliphatic rings. The number of imidazole rings is 1. The second-order valence-electron chi connectivity index (χ2n) is 4.51. The van der Waals surface area contributed by atoms with E-state index in [1.165, 1.54) is 6.33 Å². The Morgan fingerprint density at radius 3 is 2.90 bits per heavy atom. The predicted octanol–water partition coefficient (Wildman–Crippen LogP) is 1.89. The lowest BCUT2D eigenvalue weighted by atomic mass is 10.1. The van der Waals surface area contributed by atoms with Gasteiger partial charge in [-0.3, -0.25) is 0 Å². The highest BCUT2D eigenvalue weighted by atomic mass is 16.5. The van der Waals surface area contributed by atoms with Crippen LogP contribution < -0.4 is 0 Å². The van der Waals surface area contributed by atoms with Crippen LogP contribution in [0.3, 0.4) is 0 Å². The quantitative estimate of drug-likeness (QED) is 0.830. The minimum atomic E-state index is -1.16. The first-order valence-electron chi connectivity index (χ1n) is 6.26. The first-order chi connectivity index (χ1) is 9.54. The van der Waals surface area contributed by atoms with E-state index in [4.69, 9.17) is 14.4 Å². The normalized spacial score (nSPS) is 12.8. The number of nitrogens with zero attached hydrogens (tertiary/aromatic N) is 3. The number of ether oxygens (including phenoxy) is 1. The van der Waals surface area contributed by atoms with Gasteiger partial charge in [0.15, 0.2) is 5.69 Å². The molecule has 0 amide bonds. The molecular formula is C12H16N4O4. The number of nitrogens with one attached hydrogen (secondary N) is 1. The number of H-pyrrole nitrogens is 1. The summed E-state index contributed by atoms with van der Waals surface area (Å²) in [5, 5.41) is 12.9. The molecule has 1 unspecified atom stereocenters. The molecular weight excluding hydrogens is 264 g/mol. The van der Waals surface area contributed by atoms with Gasteiger partial charge in [0.25, 0.3) is 5.89 Å². The molecule has 2 heterocycles. The number of carboxylic acid groups (broad SMARTS) is 1. The Balaban J connectivity index is 2.32. The van der Waals surface area contributed by atoms with Crippen molar-refractivity contribution in [1.29, 1.82) is 0 Å². The van der Waals surface area contributed by atoms with Gasteiger partial charge in [-0.05, 0) is 12.8 Å². The smallest absolute Gasteiger partial charge is 0.356 e. The van der Waals surface area contributed by atoms with Crippen LogP contribution >= 0.6 is 0 Å². The maximum absolute atomic E-state index is 11.0. The monoisotopic (exact) mass is 280 g/mol. The fourth-order valence-corrected chi connectivity index (χ4v) is 1.82. The Bertz CT molecular complexity index is 590. The van der Waals surface area contributed by atoms with Gasteiger partial charge in [0.05, 0.1) is 6.33 Å². The topological polar surface area (TPSA) is 114 Å². The summed E-state index contributed by atoms with van der Waals surface area (Å²) in [6.45, 7) is 6.37. The Morgan fingerprint density at radius 1 is 1.55 bits per heavy atom. The minimum absolute atomic E-state index is 0.0836. The molecule has 8 nitrogen and oxygen atoms in total. The third-order valence-corrected chi connectivity index (χ3v) is 2.70. The fourth-order valence-electron chi connectivity index (χ4n) is 1.82. The van der Waals surface area contributed by atoms with E-state index >= 15 is 0 Å². The average molecular weight is 280 g/mol. The number of aromatic amines is 1. The van der Waals surface area contributed by atoms with Crippen LogP contribution in [0, 0.1) is 5.92 Å². The Labute approximate surface area is 115 Å². The second kappa shape index (κ2) is 5.83. The van der Waals surface area contributed by atoms with E-state index in [1.807, 2.05) is 20.8 Å². The molecule has 0 spiro atoms. The first-order valence-corrected chi connectivity index (χ1v) is 6.26. The molecule has 2 rings (SSSR count). The lowest BCUT2D eigenvalue weighted by Gasteiger charge is -2.16. The molecule has 0 aliphatic carbocycles. The summed E-state index contributed by atoms with van der Waals surface area (Å²) < 4.78 is 10.7. The maximum atomic E-state index is 11.0. The van der Waals surface area contributed by atoms with Crippen LogP contribution in [0.1, 0.15) is 43.2 Å². The summed E-state index contributed by atoms with van der Waals surface area (Å²) in [7, 11) is 0. The van der Waals surface area contributed by atoms with E-state index in [0.717, 1.165) is 0 Å². The van der Waals surface area contributed by atoms with E-state index in [1.54, 1.807) is 0 Å². The zero-order valence-electron chi connectivity index (χ0n) is 11.5. The molecule has 0 aliphatic heterocycles. The molecule has 8 heteroatoms. The maximum Gasteiger partial charge on any atom is 0.356 e. The van der Waals surface area contributed by atoms with Gasteiger partial charge >= 0.3 is 5.97 Å². The summed E-state index contributed by atoms with van der Waals surface area (Å²) in [5.74, 6) is -0.518. The van der Waals surface area contributed by atoms with E-state index < -0.39 is 5.97 Å². The lowest BCUT2D eigenvalue weighted by molar-refractivity contribution is 0.0217. The molecule has 1 atom stereocenters. The highest BCUT2D eigenvalue weighted by Crippen LogP contribution is 2.26. The number of carboxylic acids is 1. The molecule has 108 valence electrons. The van der Waals surface area contributed by atoms with Crippen LogP contribution in [-0.2, 0) is 4.74 Å². The van der Waals surface area contributed by atoms with Gasteiger partial charge in [0, 0.05) is 6.61 Å². The zero-order chi connectivity index (χ0) is 14.7.